The van der Waals surface area contributed by atoms with Gasteiger partial charge < -0.3 is 9.80 Å². The first kappa shape index (κ1) is 49.0. The van der Waals surface area contributed by atoms with E-state index in [0.717, 1.165) is 89.0 Å². The molecule has 78 heavy (non-hydrogen) atoms. The van der Waals surface area contributed by atoms with E-state index in [9.17, 15) is 9.59 Å². The van der Waals surface area contributed by atoms with Gasteiger partial charge in [0.25, 0.3) is 0 Å². The number of aryl methyl sites for hydroxylation is 4. The standard InChI is InChI=1S/C74H56N2O2/c1-49-29-37-59(38-30-49)75(60-39-31-50(2)32-40-60)69-47-67(55-21-15-23-57(45-55)73(77)53-17-7-5-8-18-53)71(65-27-13-11-25-63(65)69)72-66-28-14-12-26-64(66)70(76(61-41-33-51(3)34-42-61)62-43-35-52(4)36-44-62)48-68(72)56-22-16-24-58(46-56)74(78)54-19-9-6-10-20-54/h5-48H,1-4H3. The lowest BCUT2D eigenvalue weighted by Gasteiger charge is -2.31. The molecule has 0 fully saturated rings. The minimum atomic E-state index is -0.0522. The Morgan fingerprint density at radius 2 is 0.551 bits per heavy atom. The number of hydrogen-bond donors (Lipinski definition) is 0. The lowest BCUT2D eigenvalue weighted by molar-refractivity contribution is 0.103. The first-order valence-electron chi connectivity index (χ1n) is 26.6. The molecule has 0 saturated carbocycles. The van der Waals surface area contributed by atoms with E-state index >= 15 is 0 Å². The molecule has 0 aliphatic heterocycles. The molecule has 4 nitrogen and oxygen atoms in total. The minimum absolute atomic E-state index is 0.0522. The van der Waals surface area contributed by atoms with Gasteiger partial charge in [-0.25, -0.2) is 0 Å². The monoisotopic (exact) mass is 1000 g/mol. The summed E-state index contributed by atoms with van der Waals surface area (Å²) in [6, 6.07) is 92.2. The predicted molar refractivity (Wildman–Crippen MR) is 326 cm³/mol. The number of benzene rings is 12. The van der Waals surface area contributed by atoms with Crippen LogP contribution < -0.4 is 9.80 Å². The molecule has 12 aromatic rings. The van der Waals surface area contributed by atoms with Crippen LogP contribution in [-0.4, -0.2) is 11.6 Å². The second-order valence-electron chi connectivity index (χ2n) is 20.3. The van der Waals surface area contributed by atoms with Gasteiger partial charge >= 0.3 is 0 Å². The van der Waals surface area contributed by atoms with Gasteiger partial charge in [0.05, 0.1) is 11.4 Å². The second kappa shape index (κ2) is 21.0. The molecule has 12 rings (SSSR count). The van der Waals surface area contributed by atoms with Crippen molar-refractivity contribution in [3.05, 3.63) is 311 Å². The lowest BCUT2D eigenvalue weighted by atomic mass is 9.81. The van der Waals surface area contributed by atoms with Crippen molar-refractivity contribution in [2.24, 2.45) is 0 Å². The van der Waals surface area contributed by atoms with Crippen LogP contribution in [0.25, 0.3) is 54.9 Å². The summed E-state index contributed by atoms with van der Waals surface area (Å²) in [6.07, 6.45) is 0. The maximum atomic E-state index is 14.5. The highest BCUT2D eigenvalue weighted by Gasteiger charge is 2.28. The molecule has 0 unspecified atom stereocenters. The number of carbonyl (C=O) groups excluding carboxylic acids is 2. The maximum absolute atomic E-state index is 14.5. The lowest BCUT2D eigenvalue weighted by Crippen LogP contribution is -2.12. The second-order valence-corrected chi connectivity index (χ2v) is 20.3. The summed E-state index contributed by atoms with van der Waals surface area (Å²) in [5.74, 6) is -0.104. The first-order chi connectivity index (χ1) is 38.2. The van der Waals surface area contributed by atoms with Gasteiger partial charge in [-0.1, -0.05) is 216 Å². The van der Waals surface area contributed by atoms with E-state index in [0.29, 0.717) is 22.3 Å². The van der Waals surface area contributed by atoms with Crippen molar-refractivity contribution in [1.29, 1.82) is 0 Å². The average molecular weight is 1010 g/mol. The van der Waals surface area contributed by atoms with Crippen molar-refractivity contribution >= 4 is 67.2 Å². The van der Waals surface area contributed by atoms with Crippen LogP contribution in [0.4, 0.5) is 34.1 Å². The molecule has 0 aliphatic rings. The van der Waals surface area contributed by atoms with E-state index in [1.54, 1.807) is 0 Å². The molecule has 374 valence electrons. The molecular weight excluding hydrogens is 949 g/mol. The van der Waals surface area contributed by atoms with E-state index in [1.807, 2.05) is 84.9 Å². The minimum Gasteiger partial charge on any atom is -0.310 e. The molecule has 4 heteroatoms. The molecule has 0 atom stereocenters. The number of fused-ring (bicyclic) bond motifs is 2. The van der Waals surface area contributed by atoms with Crippen LogP contribution in [0, 0.1) is 27.7 Å². The van der Waals surface area contributed by atoms with E-state index < -0.39 is 0 Å². The van der Waals surface area contributed by atoms with E-state index in [4.69, 9.17) is 0 Å². The number of anilines is 6. The highest BCUT2D eigenvalue weighted by Crippen LogP contribution is 2.53. The van der Waals surface area contributed by atoms with Crippen LogP contribution in [-0.2, 0) is 0 Å². The molecule has 0 saturated heterocycles. The van der Waals surface area contributed by atoms with Crippen molar-refractivity contribution < 1.29 is 9.59 Å². The van der Waals surface area contributed by atoms with E-state index in [1.165, 1.54) is 22.3 Å². The van der Waals surface area contributed by atoms with Gasteiger partial charge in [0.2, 0.25) is 0 Å². The third-order valence-corrected chi connectivity index (χ3v) is 14.9. The highest BCUT2D eigenvalue weighted by molar-refractivity contribution is 6.21. The van der Waals surface area contributed by atoms with Crippen molar-refractivity contribution in [2.75, 3.05) is 9.80 Å². The summed E-state index contributed by atoms with van der Waals surface area (Å²) >= 11 is 0. The summed E-state index contributed by atoms with van der Waals surface area (Å²) < 4.78 is 0. The quantitative estimate of drug-likeness (QED) is 0.108. The smallest absolute Gasteiger partial charge is 0.193 e. The normalized spacial score (nSPS) is 11.2. The van der Waals surface area contributed by atoms with Crippen molar-refractivity contribution in [3.8, 4) is 33.4 Å². The Hall–Kier alpha value is -9.90. The largest absolute Gasteiger partial charge is 0.310 e. The average Bonchev–Trinajstić information content (AvgIpc) is 3.66. The number of rotatable bonds is 13. The maximum Gasteiger partial charge on any atom is 0.193 e. The van der Waals surface area contributed by atoms with Gasteiger partial charge in [0.15, 0.2) is 11.6 Å². The Bertz CT molecular complexity index is 3820. The molecule has 0 spiro atoms. The van der Waals surface area contributed by atoms with Crippen LogP contribution in [0.3, 0.4) is 0 Å². The Kier molecular flexibility index (Phi) is 13.2. The van der Waals surface area contributed by atoms with E-state index in [2.05, 4.69) is 219 Å². The topological polar surface area (TPSA) is 40.6 Å². The number of nitrogens with zero attached hydrogens (tertiary/aromatic N) is 2. The zero-order valence-corrected chi connectivity index (χ0v) is 44.1. The van der Waals surface area contributed by atoms with Gasteiger partial charge in [-0.05, 0) is 145 Å². The fourth-order valence-electron chi connectivity index (χ4n) is 10.9. The van der Waals surface area contributed by atoms with Gasteiger partial charge in [-0.3, -0.25) is 9.59 Å². The molecule has 0 heterocycles. The molecular formula is C74H56N2O2. The summed E-state index contributed by atoms with van der Waals surface area (Å²) in [5.41, 5.74) is 18.8. The molecule has 12 aromatic carbocycles. The molecule has 0 amide bonds. The molecule has 0 bridgehead atoms. The van der Waals surface area contributed by atoms with Gasteiger partial charge in [-0.15, -0.1) is 0 Å². The Balaban J connectivity index is 1.23. The van der Waals surface area contributed by atoms with Crippen LogP contribution >= 0.6 is 0 Å². The zero-order valence-electron chi connectivity index (χ0n) is 44.1. The Morgan fingerprint density at radius 3 is 0.872 bits per heavy atom. The third-order valence-electron chi connectivity index (χ3n) is 14.9. The van der Waals surface area contributed by atoms with Crippen molar-refractivity contribution in [1.82, 2.24) is 0 Å². The van der Waals surface area contributed by atoms with Crippen LogP contribution in [0.5, 0.6) is 0 Å². The molecule has 0 aliphatic carbocycles. The highest BCUT2D eigenvalue weighted by atomic mass is 16.1. The number of ketones is 2. The van der Waals surface area contributed by atoms with Crippen LogP contribution in [0.1, 0.15) is 54.1 Å². The molecule has 0 N–H and O–H groups in total. The third kappa shape index (κ3) is 9.46. The van der Waals surface area contributed by atoms with Crippen molar-refractivity contribution in [2.45, 2.75) is 27.7 Å². The number of hydrogen-bond acceptors (Lipinski definition) is 4. The van der Waals surface area contributed by atoms with Gasteiger partial charge in [0.1, 0.15) is 0 Å². The summed E-state index contributed by atoms with van der Waals surface area (Å²) in [4.78, 5) is 33.8. The van der Waals surface area contributed by atoms with E-state index in [-0.39, 0.29) is 11.6 Å². The van der Waals surface area contributed by atoms with Gasteiger partial charge in [0, 0.05) is 55.8 Å². The fourth-order valence-corrected chi connectivity index (χ4v) is 10.9. The Morgan fingerprint density at radius 1 is 0.269 bits per heavy atom. The SMILES string of the molecule is Cc1ccc(N(c2ccc(C)cc2)c2cc(-c3cccc(C(=O)c4ccccc4)c3)c(-c3c(-c4cccc(C(=O)c5ccccc5)c4)cc(N(c4ccc(C)cc4)c4ccc(C)cc4)c4ccccc34)c3ccccc23)cc1. The van der Waals surface area contributed by atoms with Crippen molar-refractivity contribution in [3.63, 3.8) is 0 Å². The summed E-state index contributed by atoms with van der Waals surface area (Å²) in [5, 5.41) is 4.14. The Labute approximate surface area is 456 Å². The molecule has 0 radical (unpaired) electrons. The van der Waals surface area contributed by atoms with Gasteiger partial charge in [-0.2, -0.15) is 0 Å². The van der Waals surface area contributed by atoms with Crippen LogP contribution in [0.15, 0.2) is 267 Å². The zero-order chi connectivity index (χ0) is 53.3. The number of carbonyl (C=O) groups is 2. The van der Waals surface area contributed by atoms with Crippen LogP contribution in [0.2, 0.25) is 0 Å². The summed E-state index contributed by atoms with van der Waals surface area (Å²) in [7, 11) is 0. The molecule has 0 aromatic heterocycles. The predicted octanol–water partition coefficient (Wildman–Crippen LogP) is 19.6. The summed E-state index contributed by atoms with van der Waals surface area (Å²) in [6.45, 7) is 8.47. The first-order valence-corrected chi connectivity index (χ1v) is 26.6. The fraction of sp³-hybridized carbons (Fsp3) is 0.0541.